The quantitative estimate of drug-likeness (QED) is 0.870. The number of halogens is 1. The van der Waals surface area contributed by atoms with E-state index >= 15 is 0 Å². The fourth-order valence-corrected chi connectivity index (χ4v) is 3.02. The molecule has 0 aromatic heterocycles. The minimum Gasteiger partial charge on any atom is -0.391 e. The number of anilines is 1. The lowest BCUT2D eigenvalue weighted by Crippen LogP contribution is -2.44. The van der Waals surface area contributed by atoms with Crippen molar-refractivity contribution >= 4 is 5.69 Å². The molecule has 4 heteroatoms. The Labute approximate surface area is 120 Å². The molecule has 0 bridgehead atoms. The van der Waals surface area contributed by atoms with Crippen LogP contribution in [0.1, 0.15) is 38.2 Å². The second-order valence-corrected chi connectivity index (χ2v) is 5.55. The van der Waals surface area contributed by atoms with Crippen LogP contribution < -0.4 is 10.2 Å². The number of hydrogen-bond donors (Lipinski definition) is 2. The van der Waals surface area contributed by atoms with Gasteiger partial charge in [-0.05, 0) is 31.5 Å². The fraction of sp³-hybridized carbons (Fsp3) is 0.625. The molecule has 0 amide bonds. The van der Waals surface area contributed by atoms with Gasteiger partial charge in [-0.3, -0.25) is 0 Å². The molecule has 0 radical (unpaired) electrons. The monoisotopic (exact) mass is 280 g/mol. The van der Waals surface area contributed by atoms with E-state index in [9.17, 15) is 9.50 Å². The molecule has 0 saturated heterocycles. The lowest BCUT2D eigenvalue weighted by molar-refractivity contribution is 0.106. The van der Waals surface area contributed by atoms with E-state index in [0.29, 0.717) is 12.1 Å². The first kappa shape index (κ1) is 15.3. The van der Waals surface area contributed by atoms with Gasteiger partial charge in [0.2, 0.25) is 0 Å². The summed E-state index contributed by atoms with van der Waals surface area (Å²) < 4.78 is 14.1. The minimum atomic E-state index is -0.316. The largest absolute Gasteiger partial charge is 0.391 e. The van der Waals surface area contributed by atoms with E-state index in [4.69, 9.17) is 0 Å². The average molecular weight is 280 g/mol. The predicted molar refractivity (Wildman–Crippen MR) is 80.4 cm³/mol. The number of benzene rings is 1. The molecular formula is C16H25FN2O. The number of nitrogens with one attached hydrogen (secondary N) is 1. The Morgan fingerprint density at radius 1 is 1.35 bits per heavy atom. The van der Waals surface area contributed by atoms with Crippen LogP contribution in [-0.4, -0.2) is 30.8 Å². The first-order chi connectivity index (χ1) is 9.65. The van der Waals surface area contributed by atoms with Crippen molar-refractivity contribution in [3.8, 4) is 0 Å². The van der Waals surface area contributed by atoms with E-state index in [1.54, 1.807) is 6.07 Å². The van der Waals surface area contributed by atoms with Crippen LogP contribution in [-0.2, 0) is 6.54 Å². The summed E-state index contributed by atoms with van der Waals surface area (Å²) in [6, 6.07) is 5.27. The molecule has 2 atom stereocenters. The van der Waals surface area contributed by atoms with Gasteiger partial charge in [0.15, 0.2) is 0 Å². The number of nitrogens with zero attached hydrogens (tertiary/aromatic N) is 1. The molecule has 1 aromatic carbocycles. The summed E-state index contributed by atoms with van der Waals surface area (Å²) in [6.07, 6.45) is 3.70. The van der Waals surface area contributed by atoms with Gasteiger partial charge in [-0.2, -0.15) is 0 Å². The summed E-state index contributed by atoms with van der Waals surface area (Å²) in [5, 5.41) is 13.4. The second-order valence-electron chi connectivity index (χ2n) is 5.55. The molecule has 112 valence electrons. The number of aliphatic hydroxyl groups is 1. The number of rotatable bonds is 5. The highest BCUT2D eigenvalue weighted by Gasteiger charge is 2.28. The number of aliphatic hydroxyl groups excluding tert-OH is 1. The smallest absolute Gasteiger partial charge is 0.129 e. The van der Waals surface area contributed by atoms with Gasteiger partial charge in [-0.25, -0.2) is 4.39 Å². The van der Waals surface area contributed by atoms with Crippen LogP contribution in [0.25, 0.3) is 0 Å². The summed E-state index contributed by atoms with van der Waals surface area (Å²) in [5.41, 5.74) is 1.58. The van der Waals surface area contributed by atoms with Crippen LogP contribution in [0.2, 0.25) is 0 Å². The predicted octanol–water partition coefficient (Wildman–Crippen LogP) is 2.67. The van der Waals surface area contributed by atoms with E-state index in [0.717, 1.165) is 37.9 Å². The molecule has 0 spiro atoms. The molecule has 1 saturated carbocycles. The lowest BCUT2D eigenvalue weighted by atomic mass is 9.91. The molecule has 1 aromatic rings. The normalized spacial score (nSPS) is 22.8. The third-order valence-corrected chi connectivity index (χ3v) is 4.22. The zero-order valence-corrected chi connectivity index (χ0v) is 12.4. The molecule has 0 heterocycles. The third-order valence-electron chi connectivity index (χ3n) is 4.22. The zero-order chi connectivity index (χ0) is 14.5. The molecule has 3 nitrogen and oxygen atoms in total. The highest BCUT2D eigenvalue weighted by Crippen LogP contribution is 2.29. The molecule has 2 unspecified atom stereocenters. The Bertz CT molecular complexity index is 438. The molecule has 1 aliphatic rings. The fourth-order valence-electron chi connectivity index (χ4n) is 3.02. The minimum absolute atomic E-state index is 0.0888. The van der Waals surface area contributed by atoms with Crippen LogP contribution in [0.4, 0.5) is 10.1 Å². The maximum Gasteiger partial charge on any atom is 0.129 e. The topological polar surface area (TPSA) is 35.5 Å². The standard InChI is InChI=1S/C16H25FN2O/c1-3-18-11-12-13(17)7-6-9-14(12)19(2)15-8-4-5-10-16(15)20/h6-7,9,15-16,18,20H,3-5,8,10-11H2,1-2H3. The summed E-state index contributed by atoms with van der Waals surface area (Å²) >= 11 is 0. The van der Waals surface area contributed by atoms with Gasteiger partial charge in [0.1, 0.15) is 5.82 Å². The molecule has 20 heavy (non-hydrogen) atoms. The van der Waals surface area contributed by atoms with Crippen LogP contribution in [0, 0.1) is 5.82 Å². The Kier molecular flexibility index (Phi) is 5.38. The molecule has 0 aliphatic heterocycles. The van der Waals surface area contributed by atoms with Gasteiger partial charge in [-0.15, -0.1) is 0 Å². The molecule has 1 fully saturated rings. The summed E-state index contributed by atoms with van der Waals surface area (Å²) in [4.78, 5) is 2.06. The lowest BCUT2D eigenvalue weighted by Gasteiger charge is -2.37. The SMILES string of the molecule is CCNCc1c(F)cccc1N(C)C1CCCCC1O. The Morgan fingerprint density at radius 3 is 2.80 bits per heavy atom. The van der Waals surface area contributed by atoms with Crippen molar-refractivity contribution in [3.05, 3.63) is 29.6 Å². The third kappa shape index (κ3) is 3.30. The van der Waals surface area contributed by atoms with Crippen LogP contribution in [0.15, 0.2) is 18.2 Å². The first-order valence-electron chi connectivity index (χ1n) is 7.54. The van der Waals surface area contributed by atoms with E-state index < -0.39 is 0 Å². The molecular weight excluding hydrogens is 255 g/mol. The summed E-state index contributed by atoms with van der Waals surface area (Å²) in [6.45, 7) is 3.34. The highest BCUT2D eigenvalue weighted by molar-refractivity contribution is 5.54. The molecule has 2 rings (SSSR count). The van der Waals surface area contributed by atoms with Crippen LogP contribution in [0.3, 0.4) is 0 Å². The number of hydrogen-bond acceptors (Lipinski definition) is 3. The van der Waals surface area contributed by atoms with Gasteiger partial charge in [-0.1, -0.05) is 25.8 Å². The van der Waals surface area contributed by atoms with Gasteiger partial charge in [0.05, 0.1) is 12.1 Å². The van der Waals surface area contributed by atoms with Crippen LogP contribution in [0.5, 0.6) is 0 Å². The number of likely N-dealkylation sites (N-methyl/N-ethyl adjacent to an activating group) is 1. The van der Waals surface area contributed by atoms with Crippen molar-refractivity contribution in [3.63, 3.8) is 0 Å². The van der Waals surface area contributed by atoms with E-state index in [1.165, 1.54) is 6.07 Å². The molecule has 1 aliphatic carbocycles. The van der Waals surface area contributed by atoms with Crippen molar-refractivity contribution in [2.75, 3.05) is 18.5 Å². The van der Waals surface area contributed by atoms with Gasteiger partial charge in [0, 0.05) is 24.8 Å². The van der Waals surface area contributed by atoms with Crippen molar-refractivity contribution in [2.24, 2.45) is 0 Å². The summed E-state index contributed by atoms with van der Waals surface area (Å²) in [7, 11) is 1.96. The van der Waals surface area contributed by atoms with Crippen molar-refractivity contribution in [1.82, 2.24) is 5.32 Å². The summed E-state index contributed by atoms with van der Waals surface area (Å²) in [5.74, 6) is -0.180. The second kappa shape index (κ2) is 7.04. The highest BCUT2D eigenvalue weighted by atomic mass is 19.1. The van der Waals surface area contributed by atoms with E-state index in [-0.39, 0.29) is 18.0 Å². The van der Waals surface area contributed by atoms with Gasteiger partial charge in [0.25, 0.3) is 0 Å². The molecule has 2 N–H and O–H groups in total. The Morgan fingerprint density at radius 2 is 2.10 bits per heavy atom. The maximum atomic E-state index is 14.1. The van der Waals surface area contributed by atoms with Crippen molar-refractivity contribution < 1.29 is 9.50 Å². The van der Waals surface area contributed by atoms with Crippen LogP contribution >= 0.6 is 0 Å². The van der Waals surface area contributed by atoms with Gasteiger partial charge >= 0.3 is 0 Å². The van der Waals surface area contributed by atoms with Crippen molar-refractivity contribution in [2.45, 2.75) is 51.3 Å². The average Bonchev–Trinajstić information content (AvgIpc) is 2.45. The van der Waals surface area contributed by atoms with E-state index in [1.807, 2.05) is 20.0 Å². The van der Waals surface area contributed by atoms with E-state index in [2.05, 4.69) is 10.2 Å². The van der Waals surface area contributed by atoms with Crippen molar-refractivity contribution in [1.29, 1.82) is 0 Å². The maximum absolute atomic E-state index is 14.1. The Balaban J connectivity index is 2.23. The Hall–Kier alpha value is -1.13. The zero-order valence-electron chi connectivity index (χ0n) is 12.4. The first-order valence-corrected chi connectivity index (χ1v) is 7.54. The van der Waals surface area contributed by atoms with Gasteiger partial charge < -0.3 is 15.3 Å².